The van der Waals surface area contributed by atoms with E-state index in [4.69, 9.17) is 4.74 Å². The normalized spacial score (nSPS) is 22.6. The second kappa shape index (κ2) is 6.95. The highest BCUT2D eigenvalue weighted by Gasteiger charge is 2.38. The van der Waals surface area contributed by atoms with E-state index >= 15 is 0 Å². The molecule has 4 nitrogen and oxygen atoms in total. The maximum atomic E-state index is 12.5. The molecule has 22 heavy (non-hydrogen) atoms. The lowest BCUT2D eigenvalue weighted by molar-refractivity contribution is -0.130. The van der Waals surface area contributed by atoms with Crippen LogP contribution in [-0.2, 0) is 16.0 Å². The van der Waals surface area contributed by atoms with E-state index in [2.05, 4.69) is 0 Å². The van der Waals surface area contributed by atoms with Crippen LogP contribution in [0.1, 0.15) is 44.1 Å². The van der Waals surface area contributed by atoms with Gasteiger partial charge in [0.1, 0.15) is 6.61 Å². The molecule has 118 valence electrons. The quantitative estimate of drug-likeness (QED) is 0.854. The molecule has 1 aromatic carbocycles. The second-order valence-corrected chi connectivity index (χ2v) is 6.39. The summed E-state index contributed by atoms with van der Waals surface area (Å²) in [6.45, 7) is 0.310. The molecule has 0 spiro atoms. The topological polar surface area (TPSA) is 46.6 Å². The van der Waals surface area contributed by atoms with E-state index in [1.54, 1.807) is 0 Å². The molecule has 2 amide bonds. The van der Waals surface area contributed by atoms with Crippen LogP contribution in [0, 0.1) is 5.92 Å². The maximum Gasteiger partial charge on any atom is 0.416 e. The third-order valence-corrected chi connectivity index (χ3v) is 4.73. The van der Waals surface area contributed by atoms with Gasteiger partial charge in [-0.25, -0.2) is 9.69 Å². The van der Waals surface area contributed by atoms with E-state index in [9.17, 15) is 9.59 Å². The van der Waals surface area contributed by atoms with Crippen molar-refractivity contribution in [3.63, 3.8) is 0 Å². The third-order valence-electron chi connectivity index (χ3n) is 4.73. The standard InChI is InChI=1S/C18H23NO3/c20-17(12-15-9-5-2-6-10-15)19-16(13-22-18(19)21)11-14-7-3-1-4-8-14/h1,3-4,7-8,15-16H,2,5-6,9-13H2/t16-/m1/s1. The fourth-order valence-electron chi connectivity index (χ4n) is 3.54. The minimum absolute atomic E-state index is 0.0599. The van der Waals surface area contributed by atoms with Gasteiger partial charge in [0.2, 0.25) is 5.91 Å². The van der Waals surface area contributed by atoms with E-state index in [1.165, 1.54) is 24.2 Å². The molecule has 1 aliphatic carbocycles. The smallest absolute Gasteiger partial charge is 0.416 e. The second-order valence-electron chi connectivity index (χ2n) is 6.39. The number of amides is 2. The van der Waals surface area contributed by atoms with Gasteiger partial charge in [-0.15, -0.1) is 0 Å². The van der Waals surface area contributed by atoms with Crippen LogP contribution in [-0.4, -0.2) is 29.5 Å². The van der Waals surface area contributed by atoms with Gasteiger partial charge < -0.3 is 4.74 Å². The number of hydrogen-bond acceptors (Lipinski definition) is 3. The SMILES string of the molecule is O=C(CC1CCCCC1)N1C(=O)OC[C@H]1Cc1ccccc1. The lowest BCUT2D eigenvalue weighted by Gasteiger charge is -2.25. The summed E-state index contributed by atoms with van der Waals surface area (Å²) in [5.74, 6) is 0.377. The molecule has 2 aliphatic rings. The van der Waals surface area contributed by atoms with Crippen molar-refractivity contribution in [1.82, 2.24) is 4.90 Å². The van der Waals surface area contributed by atoms with Crippen LogP contribution < -0.4 is 0 Å². The molecule has 1 aliphatic heterocycles. The molecular weight excluding hydrogens is 278 g/mol. The van der Waals surface area contributed by atoms with Gasteiger partial charge in [0, 0.05) is 6.42 Å². The van der Waals surface area contributed by atoms with Crippen molar-refractivity contribution in [2.75, 3.05) is 6.61 Å². The van der Waals surface area contributed by atoms with E-state index in [-0.39, 0.29) is 11.9 Å². The van der Waals surface area contributed by atoms with Crippen LogP contribution >= 0.6 is 0 Å². The minimum atomic E-state index is -0.471. The largest absolute Gasteiger partial charge is 0.447 e. The lowest BCUT2D eigenvalue weighted by Crippen LogP contribution is -2.41. The Morgan fingerprint density at radius 1 is 1.14 bits per heavy atom. The van der Waals surface area contributed by atoms with Gasteiger partial charge in [0.05, 0.1) is 6.04 Å². The van der Waals surface area contributed by atoms with Gasteiger partial charge in [-0.2, -0.15) is 0 Å². The Balaban J connectivity index is 1.63. The van der Waals surface area contributed by atoms with Crippen molar-refractivity contribution in [3.05, 3.63) is 35.9 Å². The predicted molar refractivity (Wildman–Crippen MR) is 83.3 cm³/mol. The summed E-state index contributed by atoms with van der Waals surface area (Å²) in [5, 5.41) is 0. The number of imide groups is 1. The zero-order valence-electron chi connectivity index (χ0n) is 12.9. The highest BCUT2D eigenvalue weighted by Crippen LogP contribution is 2.28. The predicted octanol–water partition coefficient (Wildman–Crippen LogP) is 3.55. The first kappa shape index (κ1) is 15.1. The first-order chi connectivity index (χ1) is 10.7. The van der Waals surface area contributed by atoms with Crippen LogP contribution in [0.4, 0.5) is 4.79 Å². The van der Waals surface area contributed by atoms with Gasteiger partial charge in [0.15, 0.2) is 0 Å². The molecule has 1 saturated heterocycles. The monoisotopic (exact) mass is 301 g/mol. The third kappa shape index (κ3) is 3.49. The Hall–Kier alpha value is -1.84. The number of carbonyl (C=O) groups excluding carboxylic acids is 2. The lowest BCUT2D eigenvalue weighted by atomic mass is 9.86. The van der Waals surface area contributed by atoms with Crippen molar-refractivity contribution in [1.29, 1.82) is 0 Å². The van der Waals surface area contributed by atoms with Gasteiger partial charge in [-0.3, -0.25) is 4.79 Å². The average molecular weight is 301 g/mol. The Labute approximate surface area is 131 Å². The number of rotatable bonds is 4. The number of ether oxygens (including phenoxy) is 1. The highest BCUT2D eigenvalue weighted by molar-refractivity contribution is 5.93. The molecule has 0 N–H and O–H groups in total. The van der Waals surface area contributed by atoms with E-state index in [1.807, 2.05) is 30.3 Å². The molecule has 0 unspecified atom stereocenters. The first-order valence-corrected chi connectivity index (χ1v) is 8.27. The van der Waals surface area contributed by atoms with Crippen molar-refractivity contribution in [2.45, 2.75) is 51.0 Å². The molecule has 0 radical (unpaired) electrons. The summed E-state index contributed by atoms with van der Waals surface area (Å²) in [6.07, 6.45) is 6.58. The number of nitrogens with zero attached hydrogens (tertiary/aromatic N) is 1. The molecule has 3 rings (SSSR count). The summed E-state index contributed by atoms with van der Waals surface area (Å²) in [6, 6.07) is 9.79. The van der Waals surface area contributed by atoms with Gasteiger partial charge in [-0.1, -0.05) is 49.6 Å². The van der Waals surface area contributed by atoms with Gasteiger partial charge >= 0.3 is 6.09 Å². The van der Waals surface area contributed by atoms with Crippen LogP contribution in [0.25, 0.3) is 0 Å². The molecule has 0 bridgehead atoms. The molecule has 0 aromatic heterocycles. The Kier molecular flexibility index (Phi) is 4.76. The van der Waals surface area contributed by atoms with Gasteiger partial charge in [0.25, 0.3) is 0 Å². The zero-order chi connectivity index (χ0) is 15.4. The van der Waals surface area contributed by atoms with Crippen molar-refractivity contribution in [2.24, 2.45) is 5.92 Å². The molecular formula is C18H23NO3. The Morgan fingerprint density at radius 3 is 2.59 bits per heavy atom. The van der Waals surface area contributed by atoms with Gasteiger partial charge in [-0.05, 0) is 30.7 Å². The minimum Gasteiger partial charge on any atom is -0.447 e. The Bertz CT molecular complexity index is 522. The number of hydrogen-bond donors (Lipinski definition) is 0. The number of benzene rings is 1. The fraction of sp³-hybridized carbons (Fsp3) is 0.556. The van der Waals surface area contributed by atoms with E-state index < -0.39 is 6.09 Å². The molecule has 2 fully saturated rings. The summed E-state index contributed by atoms with van der Waals surface area (Å²) < 4.78 is 5.13. The summed E-state index contributed by atoms with van der Waals surface area (Å²) in [4.78, 5) is 25.9. The van der Waals surface area contributed by atoms with Crippen LogP contribution in [0.2, 0.25) is 0 Å². The molecule has 1 heterocycles. The average Bonchev–Trinajstić information content (AvgIpc) is 2.90. The molecule has 4 heteroatoms. The summed E-state index contributed by atoms with van der Waals surface area (Å²) in [5.41, 5.74) is 1.13. The van der Waals surface area contributed by atoms with Crippen LogP contribution in [0.3, 0.4) is 0 Å². The summed E-state index contributed by atoms with van der Waals surface area (Å²) >= 11 is 0. The molecule has 1 atom stereocenters. The van der Waals surface area contributed by atoms with E-state index in [0.717, 1.165) is 18.4 Å². The maximum absolute atomic E-state index is 12.5. The van der Waals surface area contributed by atoms with Crippen LogP contribution in [0.5, 0.6) is 0 Å². The Morgan fingerprint density at radius 2 is 1.86 bits per heavy atom. The van der Waals surface area contributed by atoms with Crippen molar-refractivity contribution >= 4 is 12.0 Å². The summed E-state index contributed by atoms with van der Waals surface area (Å²) in [7, 11) is 0. The highest BCUT2D eigenvalue weighted by atomic mass is 16.6. The van der Waals surface area contributed by atoms with Crippen molar-refractivity contribution < 1.29 is 14.3 Å². The fourth-order valence-corrected chi connectivity index (χ4v) is 3.54. The molecule has 1 aromatic rings. The first-order valence-electron chi connectivity index (χ1n) is 8.27. The number of carbonyl (C=O) groups is 2. The zero-order valence-corrected chi connectivity index (χ0v) is 12.9. The van der Waals surface area contributed by atoms with Crippen LogP contribution in [0.15, 0.2) is 30.3 Å². The number of cyclic esters (lactones) is 1. The van der Waals surface area contributed by atoms with E-state index in [0.29, 0.717) is 25.4 Å². The van der Waals surface area contributed by atoms with Crippen molar-refractivity contribution in [3.8, 4) is 0 Å². The molecule has 1 saturated carbocycles.